The summed E-state index contributed by atoms with van der Waals surface area (Å²) in [6, 6.07) is 0.0547. The van der Waals surface area contributed by atoms with Crippen LogP contribution in [0, 0.1) is 5.41 Å². The van der Waals surface area contributed by atoms with Crippen molar-refractivity contribution in [3.8, 4) is 0 Å². The molecule has 10 atom stereocenters. The van der Waals surface area contributed by atoms with Gasteiger partial charge in [-0.15, -0.1) is 0 Å². The fraction of sp³-hybridized carbons (Fsp3) is 0.640. The maximum absolute atomic E-state index is 14.1. The van der Waals surface area contributed by atoms with Gasteiger partial charge in [0.05, 0.1) is 39.3 Å². The number of carboxylic acid groups (broad SMARTS) is 2. The smallest absolute Gasteiger partial charge is 0.328 e. The second-order valence-electron chi connectivity index (χ2n) is 19.0. The quantitative estimate of drug-likeness (QED) is 0.0165. The van der Waals surface area contributed by atoms with Crippen LogP contribution >= 0.6 is 0 Å². The number of carboxylic acids is 2. The van der Waals surface area contributed by atoms with Gasteiger partial charge in [0.2, 0.25) is 53.2 Å². The van der Waals surface area contributed by atoms with E-state index in [2.05, 4.69) is 53.2 Å². The first-order chi connectivity index (χ1) is 39.0. The van der Waals surface area contributed by atoms with Gasteiger partial charge in [-0.1, -0.05) is 30.3 Å². The summed E-state index contributed by atoms with van der Waals surface area (Å²) >= 11 is 0. The molecule has 1 aromatic carbocycles. The highest BCUT2D eigenvalue weighted by molar-refractivity contribution is 5.96. The number of guanidine groups is 1. The van der Waals surface area contributed by atoms with Gasteiger partial charge in [0.1, 0.15) is 54.6 Å². The van der Waals surface area contributed by atoms with Gasteiger partial charge in [-0.3, -0.25) is 53.4 Å². The molecule has 9 amide bonds. The Morgan fingerprint density at radius 3 is 1.78 bits per heavy atom. The number of nitrogens with two attached hydrogens (primary N) is 1. The zero-order chi connectivity index (χ0) is 61.1. The van der Waals surface area contributed by atoms with E-state index in [0.29, 0.717) is 24.9 Å². The lowest BCUT2D eigenvalue weighted by atomic mass is 9.97. The Hall–Kier alpha value is -7.62. The number of nitrogens with one attached hydrogen (secondary N) is 12. The maximum atomic E-state index is 14.1. The van der Waals surface area contributed by atoms with Crippen molar-refractivity contribution in [2.45, 2.75) is 145 Å². The lowest BCUT2D eigenvalue weighted by Gasteiger charge is -2.42. The molecule has 32 nitrogen and oxygen atoms in total. The number of aliphatic carboxylic acids is 2. The van der Waals surface area contributed by atoms with E-state index in [4.69, 9.17) is 25.7 Å². The van der Waals surface area contributed by atoms with Crippen LogP contribution in [-0.4, -0.2) is 222 Å². The third-order valence-electron chi connectivity index (χ3n) is 12.3. The summed E-state index contributed by atoms with van der Waals surface area (Å²) in [4.78, 5) is 141. The molecule has 0 saturated carbocycles. The van der Waals surface area contributed by atoms with Crippen LogP contribution in [0.2, 0.25) is 0 Å². The Morgan fingerprint density at radius 2 is 1.20 bits per heavy atom. The zero-order valence-electron chi connectivity index (χ0n) is 45.9. The number of amides is 9. The first-order valence-corrected chi connectivity index (χ1v) is 26.6. The number of carbonyl (C=O) groups is 11. The summed E-state index contributed by atoms with van der Waals surface area (Å²) in [6.45, 7) is -1.39. The van der Waals surface area contributed by atoms with Crippen molar-refractivity contribution in [3.63, 3.8) is 0 Å². The average molecular weight is 1170 g/mol. The third kappa shape index (κ3) is 28.2. The molecule has 1 saturated heterocycles. The molecule has 82 heavy (non-hydrogen) atoms. The van der Waals surface area contributed by atoms with Gasteiger partial charge >= 0.3 is 11.9 Å². The first kappa shape index (κ1) is 70.5. The maximum Gasteiger partial charge on any atom is 0.328 e. The van der Waals surface area contributed by atoms with E-state index in [0.717, 1.165) is 0 Å². The number of unbranched alkanes of at least 4 members (excludes halogenated alkanes) is 2. The van der Waals surface area contributed by atoms with E-state index < -0.39 is 159 Å². The molecule has 2 rings (SSSR count). The average Bonchev–Trinajstić information content (AvgIpc) is 3.53. The molecule has 2 unspecified atom stereocenters. The van der Waals surface area contributed by atoms with Gasteiger partial charge in [-0.05, 0) is 70.5 Å². The molecule has 1 heterocycles. The van der Waals surface area contributed by atoms with Crippen molar-refractivity contribution in [3.05, 3.63) is 35.9 Å². The Bertz CT molecular complexity index is 2270. The molecule has 0 bridgehead atoms. The number of rotatable bonds is 40. The lowest BCUT2D eigenvalue weighted by molar-refractivity contribution is -0.270. The van der Waals surface area contributed by atoms with Crippen LogP contribution in [0.3, 0.4) is 0 Å². The van der Waals surface area contributed by atoms with Gasteiger partial charge in [0.15, 0.2) is 12.2 Å². The highest BCUT2D eigenvalue weighted by atomic mass is 16.7. The van der Waals surface area contributed by atoms with Crippen LogP contribution < -0.4 is 64.2 Å². The zero-order valence-corrected chi connectivity index (χ0v) is 45.9. The fourth-order valence-corrected chi connectivity index (χ4v) is 8.00. The van der Waals surface area contributed by atoms with E-state index >= 15 is 0 Å². The van der Waals surface area contributed by atoms with E-state index in [-0.39, 0.29) is 83.4 Å². The number of aliphatic hydroxyl groups excluding tert-OH is 4. The topological polar surface area (TPSA) is 510 Å². The van der Waals surface area contributed by atoms with Gasteiger partial charge in [0, 0.05) is 39.3 Å². The van der Waals surface area contributed by atoms with Crippen LogP contribution in [0.25, 0.3) is 0 Å². The summed E-state index contributed by atoms with van der Waals surface area (Å²) in [6.07, 6.45) is -4.57. The van der Waals surface area contributed by atoms with Crippen molar-refractivity contribution >= 4 is 71.1 Å². The molecule has 1 aromatic rings. The van der Waals surface area contributed by atoms with Gasteiger partial charge < -0.3 is 104 Å². The SMILES string of the molecule is CNCCCCC(=O)N[C@@H](Cc1ccccc1)C(=O)N[C@@H](CCCCNC(=O)CCCO[C@@H]1OC(CO)[C@@H](O)[C@H](O)C1NC(C)=O)C(=O)NCC(=O)N[C@@H](CCCNC(=N)N)C(=O)NCC(=O)N[C@@H](CC(=O)O)C(=O)N[C@@H](CO)C(=O)O. The second-order valence-corrected chi connectivity index (χ2v) is 19.0. The number of ether oxygens (including phenoxy) is 2. The molecule has 1 fully saturated rings. The molecule has 460 valence electrons. The molecular formula is C50H81N13O19. The van der Waals surface area contributed by atoms with Crippen LogP contribution in [0.5, 0.6) is 0 Å². The first-order valence-electron chi connectivity index (χ1n) is 26.6. The molecule has 0 aliphatic carbocycles. The van der Waals surface area contributed by atoms with Gasteiger partial charge in [0.25, 0.3) is 0 Å². The minimum absolute atomic E-state index is 0.0355. The number of hydrogen-bond donors (Lipinski definition) is 19. The minimum Gasteiger partial charge on any atom is -0.481 e. The summed E-state index contributed by atoms with van der Waals surface area (Å²) in [7, 11) is 1.77. The number of benzene rings is 1. The molecule has 32 heteroatoms. The molecule has 0 spiro atoms. The molecule has 20 N–H and O–H groups in total. The van der Waals surface area contributed by atoms with Crippen molar-refractivity contribution in [1.82, 2.24) is 58.5 Å². The van der Waals surface area contributed by atoms with E-state index in [9.17, 15) is 78.3 Å². The predicted molar refractivity (Wildman–Crippen MR) is 287 cm³/mol. The van der Waals surface area contributed by atoms with E-state index in [1.165, 1.54) is 6.92 Å². The largest absolute Gasteiger partial charge is 0.481 e. The summed E-state index contributed by atoms with van der Waals surface area (Å²) < 4.78 is 11.2. The summed E-state index contributed by atoms with van der Waals surface area (Å²) in [5, 5.41) is 92.6. The van der Waals surface area contributed by atoms with Crippen LogP contribution in [0.15, 0.2) is 30.3 Å². The standard InChI is InChI=1S/C50H81N13O19/c1-28(66)58-41-43(74)42(73)35(27-65)82-49(41)81-21-11-17-36(67)54-19-9-6-14-31(62-46(77)32(22-29-12-4-3-5-13-29)60-37(68)16-7-8-18-53-2)45(76)57-24-38(69)59-30(15-10-20-55-50(51)52)44(75)56-25-39(70)61-33(23-40(71)72)47(78)63-34(26-64)48(79)80/h3-5,12-13,30-35,41-43,49,53,64-65,73-74H,6-11,14-27H2,1-2H3,(H,54,67)(H,56,75)(H,57,76)(H,58,66)(H,59,69)(H,60,68)(H,61,70)(H,62,77)(H,63,78)(H,71,72)(H,79,80)(H4,51,52,55)/t30-,31-,32-,33-,34-,35?,41?,42+,43+,49+/m0/s1. The predicted octanol–water partition coefficient (Wildman–Crippen LogP) is -6.88. The van der Waals surface area contributed by atoms with Crippen molar-refractivity contribution < 1.29 is 92.9 Å². The lowest BCUT2D eigenvalue weighted by Crippen LogP contribution is -2.64. The Kier molecular flexibility index (Phi) is 33.5. The van der Waals surface area contributed by atoms with Crippen molar-refractivity contribution in [2.24, 2.45) is 5.73 Å². The summed E-state index contributed by atoms with van der Waals surface area (Å²) in [5.74, 6) is -10.8. The molecular weight excluding hydrogens is 1090 g/mol. The molecule has 0 aromatic heterocycles. The molecule has 1 aliphatic heterocycles. The van der Waals surface area contributed by atoms with Gasteiger partial charge in [-0.25, -0.2) is 4.79 Å². The van der Waals surface area contributed by atoms with Crippen molar-refractivity contribution in [1.29, 1.82) is 5.41 Å². The Morgan fingerprint density at radius 1 is 0.634 bits per heavy atom. The normalized spacial score (nSPS) is 18.3. The Labute approximate surface area is 472 Å². The van der Waals surface area contributed by atoms with Gasteiger partial charge in [-0.2, -0.15) is 0 Å². The monoisotopic (exact) mass is 1170 g/mol. The fourth-order valence-electron chi connectivity index (χ4n) is 8.00. The number of aliphatic hydroxyl groups is 4. The minimum atomic E-state index is -1.84. The summed E-state index contributed by atoms with van der Waals surface area (Å²) in [5.41, 5.74) is 6.05. The molecule has 0 radical (unpaired) electrons. The Balaban J connectivity index is 2.20. The van der Waals surface area contributed by atoms with Crippen molar-refractivity contribution in [2.75, 3.05) is 59.6 Å². The number of hydrogen-bond acceptors (Lipinski definition) is 19. The van der Waals surface area contributed by atoms with E-state index in [1.54, 1.807) is 37.4 Å². The highest BCUT2D eigenvalue weighted by Gasteiger charge is 2.45. The van der Waals surface area contributed by atoms with Crippen LogP contribution in [0.4, 0.5) is 0 Å². The number of carbonyl (C=O) groups excluding carboxylic acids is 9. The second kappa shape index (κ2) is 38.9. The van der Waals surface area contributed by atoms with Crippen LogP contribution in [-0.2, 0) is 68.6 Å². The molecule has 1 aliphatic rings. The van der Waals surface area contributed by atoms with Crippen LogP contribution in [0.1, 0.15) is 83.1 Å². The third-order valence-corrected chi connectivity index (χ3v) is 12.3. The van der Waals surface area contributed by atoms with E-state index in [1.807, 2.05) is 5.32 Å². The highest BCUT2D eigenvalue weighted by Crippen LogP contribution is 2.22.